The number of alkyl halides is 1. The van der Waals surface area contributed by atoms with Crippen molar-refractivity contribution in [3.63, 3.8) is 0 Å². The molecule has 0 aliphatic heterocycles. The molecule has 4 aromatic rings. The lowest BCUT2D eigenvalue weighted by Crippen LogP contribution is -1.98. The van der Waals surface area contributed by atoms with E-state index in [1.165, 1.54) is 22.3 Å². The van der Waals surface area contributed by atoms with E-state index in [4.69, 9.17) is 25.8 Å². The molecule has 0 saturated heterocycles. The van der Waals surface area contributed by atoms with Crippen LogP contribution in [-0.2, 0) is 6.42 Å². The number of hydrogen-bond donors (Lipinski definition) is 0. The largest absolute Gasteiger partial charge is 0.497 e. The molecule has 1 aliphatic rings. The van der Waals surface area contributed by atoms with E-state index in [0.717, 1.165) is 62.3 Å². The Kier molecular flexibility index (Phi) is 6.22. The van der Waals surface area contributed by atoms with Crippen LogP contribution in [0.25, 0.3) is 33.0 Å². The number of hydrogen-bond acceptors (Lipinski definition) is 3. The summed E-state index contributed by atoms with van der Waals surface area (Å²) in [5.74, 6) is 2.53. The summed E-state index contributed by atoms with van der Waals surface area (Å²) in [5.41, 5.74) is 7.00. The lowest BCUT2D eigenvalue weighted by molar-refractivity contribution is 0.319. The van der Waals surface area contributed by atoms with E-state index < -0.39 is 0 Å². The molecule has 0 fully saturated rings. The zero-order valence-electron chi connectivity index (χ0n) is 18.6. The molecule has 0 radical (unpaired) electrons. The van der Waals surface area contributed by atoms with Crippen LogP contribution in [0.5, 0.6) is 17.2 Å². The molecular formula is C28H24BrClO3. The molecule has 5 rings (SSSR count). The minimum Gasteiger partial charge on any atom is -0.497 e. The summed E-state index contributed by atoms with van der Waals surface area (Å²) < 4.78 is 17.1. The predicted octanol–water partition coefficient (Wildman–Crippen LogP) is 7.91. The molecule has 33 heavy (non-hydrogen) atoms. The smallest absolute Gasteiger partial charge is 0.119 e. The van der Waals surface area contributed by atoms with Crippen molar-refractivity contribution in [1.29, 1.82) is 0 Å². The minimum atomic E-state index is 0.674. The van der Waals surface area contributed by atoms with Gasteiger partial charge >= 0.3 is 0 Å². The highest BCUT2D eigenvalue weighted by Gasteiger charge is 2.28. The lowest BCUT2D eigenvalue weighted by atomic mass is 9.89. The van der Waals surface area contributed by atoms with Gasteiger partial charge in [-0.15, -0.1) is 0 Å². The van der Waals surface area contributed by atoms with Crippen LogP contribution in [-0.4, -0.2) is 26.2 Å². The third kappa shape index (κ3) is 3.96. The number of ether oxygens (including phenoxy) is 3. The van der Waals surface area contributed by atoms with Gasteiger partial charge in [0.1, 0.15) is 17.2 Å². The van der Waals surface area contributed by atoms with E-state index in [1.54, 1.807) is 14.2 Å². The highest BCUT2D eigenvalue weighted by atomic mass is 79.9. The molecular weight excluding hydrogens is 500 g/mol. The summed E-state index contributed by atoms with van der Waals surface area (Å²) in [6.07, 6.45) is 1.75. The molecule has 1 aliphatic carbocycles. The molecule has 0 heterocycles. The summed E-state index contributed by atoms with van der Waals surface area (Å²) in [6, 6.07) is 20.7. The molecule has 0 amide bonds. The van der Waals surface area contributed by atoms with Gasteiger partial charge in [-0.05, 0) is 88.5 Å². The first-order chi connectivity index (χ1) is 16.1. The van der Waals surface area contributed by atoms with Gasteiger partial charge in [0.2, 0.25) is 0 Å². The molecule has 0 saturated carbocycles. The Balaban J connectivity index is 1.76. The van der Waals surface area contributed by atoms with Crippen LogP contribution in [0.3, 0.4) is 0 Å². The van der Waals surface area contributed by atoms with Gasteiger partial charge in [-0.2, -0.15) is 0 Å². The Hall–Kier alpha value is -2.69. The van der Waals surface area contributed by atoms with Gasteiger partial charge in [0, 0.05) is 16.3 Å². The maximum Gasteiger partial charge on any atom is 0.119 e. The van der Waals surface area contributed by atoms with Gasteiger partial charge in [-0.1, -0.05) is 45.7 Å². The van der Waals surface area contributed by atoms with E-state index in [9.17, 15) is 0 Å². The highest BCUT2D eigenvalue weighted by Crippen LogP contribution is 2.51. The van der Waals surface area contributed by atoms with Crippen molar-refractivity contribution < 1.29 is 14.2 Å². The van der Waals surface area contributed by atoms with Crippen molar-refractivity contribution in [3.8, 4) is 39.5 Å². The van der Waals surface area contributed by atoms with Gasteiger partial charge in [0.25, 0.3) is 0 Å². The molecule has 0 N–H and O–H groups in total. The zero-order valence-corrected chi connectivity index (χ0v) is 20.9. The van der Waals surface area contributed by atoms with Crippen molar-refractivity contribution in [3.05, 3.63) is 76.8 Å². The van der Waals surface area contributed by atoms with Crippen molar-refractivity contribution >= 4 is 38.3 Å². The van der Waals surface area contributed by atoms with Gasteiger partial charge < -0.3 is 14.2 Å². The summed E-state index contributed by atoms with van der Waals surface area (Å²) in [7, 11) is 3.39. The Morgan fingerprint density at radius 3 is 2.42 bits per heavy atom. The summed E-state index contributed by atoms with van der Waals surface area (Å²) >= 11 is 10.5. The summed E-state index contributed by atoms with van der Waals surface area (Å²) in [6.45, 7) is 0.674. The Labute approximate surface area is 207 Å². The molecule has 0 atom stereocenters. The first-order valence-electron chi connectivity index (χ1n) is 10.9. The topological polar surface area (TPSA) is 27.7 Å². The fraction of sp³-hybridized carbons (Fsp3) is 0.214. The van der Waals surface area contributed by atoms with Gasteiger partial charge in [0.05, 0.1) is 25.8 Å². The van der Waals surface area contributed by atoms with Crippen LogP contribution in [0, 0.1) is 0 Å². The number of rotatable bonds is 7. The van der Waals surface area contributed by atoms with Crippen molar-refractivity contribution in [2.45, 2.75) is 12.8 Å². The minimum absolute atomic E-state index is 0.674. The molecule has 168 valence electrons. The predicted molar refractivity (Wildman–Crippen MR) is 140 cm³/mol. The molecule has 5 heteroatoms. The van der Waals surface area contributed by atoms with Gasteiger partial charge in [0.15, 0.2) is 0 Å². The van der Waals surface area contributed by atoms with Crippen LogP contribution in [0.4, 0.5) is 0 Å². The number of halogens is 2. The number of fused-ring (bicyclic) bond motifs is 4. The molecule has 4 aromatic carbocycles. The van der Waals surface area contributed by atoms with Crippen LogP contribution in [0.1, 0.15) is 17.5 Å². The number of methoxy groups -OCH3 is 2. The molecule has 0 aromatic heterocycles. The van der Waals surface area contributed by atoms with Gasteiger partial charge in [-0.25, -0.2) is 0 Å². The van der Waals surface area contributed by atoms with Crippen molar-refractivity contribution in [2.75, 3.05) is 26.2 Å². The van der Waals surface area contributed by atoms with E-state index in [2.05, 4.69) is 58.4 Å². The Bertz CT molecular complexity index is 1350. The second kappa shape index (κ2) is 9.28. The monoisotopic (exact) mass is 522 g/mol. The maximum atomic E-state index is 7.06. The molecule has 0 bridgehead atoms. The Morgan fingerprint density at radius 2 is 1.64 bits per heavy atom. The second-order valence-electron chi connectivity index (χ2n) is 8.07. The molecule has 0 spiro atoms. The summed E-state index contributed by atoms with van der Waals surface area (Å²) in [5, 5.41) is 3.79. The first kappa shape index (κ1) is 22.1. The van der Waals surface area contributed by atoms with Crippen molar-refractivity contribution in [1.82, 2.24) is 0 Å². The van der Waals surface area contributed by atoms with Crippen LogP contribution >= 0.6 is 27.5 Å². The highest BCUT2D eigenvalue weighted by molar-refractivity contribution is 9.09. The van der Waals surface area contributed by atoms with Crippen LogP contribution in [0.2, 0.25) is 5.02 Å². The van der Waals surface area contributed by atoms with E-state index >= 15 is 0 Å². The number of benzene rings is 4. The average molecular weight is 524 g/mol. The van der Waals surface area contributed by atoms with E-state index in [1.807, 2.05) is 18.2 Å². The lowest BCUT2D eigenvalue weighted by Gasteiger charge is -2.17. The zero-order chi connectivity index (χ0) is 22.9. The third-order valence-electron chi connectivity index (χ3n) is 6.17. The van der Waals surface area contributed by atoms with Crippen molar-refractivity contribution in [2.24, 2.45) is 0 Å². The summed E-state index contributed by atoms with van der Waals surface area (Å²) in [4.78, 5) is 0. The van der Waals surface area contributed by atoms with Crippen LogP contribution in [0.15, 0.2) is 60.7 Å². The fourth-order valence-corrected chi connectivity index (χ4v) is 5.26. The molecule has 3 nitrogen and oxygen atoms in total. The maximum absolute atomic E-state index is 7.06. The first-order valence-corrected chi connectivity index (χ1v) is 12.4. The van der Waals surface area contributed by atoms with E-state index in [0.29, 0.717) is 6.61 Å². The Morgan fingerprint density at radius 1 is 0.848 bits per heavy atom. The van der Waals surface area contributed by atoms with E-state index in [-0.39, 0.29) is 0 Å². The fourth-order valence-electron chi connectivity index (χ4n) is 4.65. The second-order valence-corrected chi connectivity index (χ2v) is 9.24. The standard InChI is InChI=1S/C28H24BrClO3/c1-31-19-7-9-22-18(14-19)15-25-26(17-5-3-6-21(13-17)33-12-4-11-29)24-16-20(32-2)8-10-23(24)28(30)27(22)25/h3,5-10,13-14,16H,4,11-12,15H2,1-2H3. The van der Waals surface area contributed by atoms with Gasteiger partial charge in [-0.3, -0.25) is 0 Å². The average Bonchev–Trinajstić information content (AvgIpc) is 3.22. The third-order valence-corrected chi connectivity index (χ3v) is 7.13. The van der Waals surface area contributed by atoms with Crippen LogP contribution < -0.4 is 14.2 Å². The quantitative estimate of drug-likeness (QED) is 0.160. The normalized spacial score (nSPS) is 11.9. The molecule has 0 unspecified atom stereocenters. The SMILES string of the molecule is COc1ccc2c(c1)Cc1c-2c(Cl)c2ccc(OC)cc2c1-c1cccc(OCCCBr)c1.